The van der Waals surface area contributed by atoms with Crippen molar-refractivity contribution in [2.24, 2.45) is 5.10 Å². The number of hydrogen-bond acceptors (Lipinski definition) is 5. The molecule has 1 aromatic heterocycles. The van der Waals surface area contributed by atoms with Crippen LogP contribution in [-0.2, 0) is 4.79 Å². The molecule has 7 heteroatoms. The molecule has 0 fully saturated rings. The van der Waals surface area contributed by atoms with Crippen LogP contribution in [0.5, 0.6) is 5.75 Å². The molecule has 1 unspecified atom stereocenters. The van der Waals surface area contributed by atoms with Gasteiger partial charge in [-0.15, -0.1) is 11.3 Å². The van der Waals surface area contributed by atoms with E-state index in [2.05, 4.69) is 21.0 Å². The predicted molar refractivity (Wildman–Crippen MR) is 117 cm³/mol. The number of hydrazone groups is 1. The lowest BCUT2D eigenvalue weighted by Crippen LogP contribution is -2.31. The molecule has 2 aromatic carbocycles. The van der Waals surface area contributed by atoms with Gasteiger partial charge in [0.25, 0.3) is 5.91 Å². The molecule has 2 heterocycles. The third kappa shape index (κ3) is 4.46. The van der Waals surface area contributed by atoms with Crippen molar-refractivity contribution in [2.75, 3.05) is 6.61 Å². The van der Waals surface area contributed by atoms with Crippen LogP contribution in [-0.4, -0.2) is 29.5 Å². The van der Waals surface area contributed by atoms with Crippen molar-refractivity contribution >= 4 is 45.2 Å². The van der Waals surface area contributed by atoms with Gasteiger partial charge in [0.2, 0.25) is 0 Å². The van der Waals surface area contributed by atoms with Crippen molar-refractivity contribution in [3.63, 3.8) is 0 Å². The number of rotatable bonds is 6. The topological polar surface area (TPSA) is 59.0 Å². The zero-order valence-corrected chi connectivity index (χ0v) is 17.7. The smallest absolute Gasteiger partial charge is 0.281 e. The highest BCUT2D eigenvalue weighted by Crippen LogP contribution is 2.35. The van der Waals surface area contributed by atoms with Gasteiger partial charge in [-0.25, -0.2) is 5.01 Å². The van der Waals surface area contributed by atoms with Gasteiger partial charge in [-0.1, -0.05) is 46.3 Å². The molecule has 0 bridgehead atoms. The third-order valence-corrected chi connectivity index (χ3v) is 6.02. The molecular formula is C22H17BrN2O3S. The van der Waals surface area contributed by atoms with Crippen LogP contribution in [0.25, 0.3) is 0 Å². The number of carbonyl (C=O) groups is 2. The molecule has 0 saturated carbocycles. The highest BCUT2D eigenvalue weighted by molar-refractivity contribution is 9.10. The fourth-order valence-corrected chi connectivity index (χ4v) is 4.39. The lowest BCUT2D eigenvalue weighted by atomic mass is 10.0. The molecule has 1 atom stereocenters. The summed E-state index contributed by atoms with van der Waals surface area (Å²) in [5.41, 5.74) is 2.35. The maximum Gasteiger partial charge on any atom is 0.281 e. The second-order valence-corrected chi connectivity index (χ2v) is 8.40. The summed E-state index contributed by atoms with van der Waals surface area (Å²) in [4.78, 5) is 24.9. The Hall–Kier alpha value is -2.77. The van der Waals surface area contributed by atoms with Crippen molar-refractivity contribution in [2.45, 2.75) is 12.5 Å². The second kappa shape index (κ2) is 8.71. The van der Waals surface area contributed by atoms with Crippen molar-refractivity contribution in [3.05, 3.63) is 86.5 Å². The van der Waals surface area contributed by atoms with E-state index in [-0.39, 0.29) is 18.6 Å². The van der Waals surface area contributed by atoms with Crippen molar-refractivity contribution in [1.29, 1.82) is 0 Å². The Morgan fingerprint density at radius 2 is 2.07 bits per heavy atom. The summed E-state index contributed by atoms with van der Waals surface area (Å²) >= 11 is 5.10. The average molecular weight is 469 g/mol. The first-order chi connectivity index (χ1) is 14.1. The molecule has 146 valence electrons. The number of thiophene rings is 1. The number of hydrogen-bond donors (Lipinski definition) is 0. The van der Waals surface area contributed by atoms with Crippen molar-refractivity contribution in [3.8, 4) is 5.75 Å². The Labute approximate surface area is 180 Å². The molecule has 0 saturated heterocycles. The first-order valence-electron chi connectivity index (χ1n) is 9.01. The van der Waals surface area contributed by atoms with Gasteiger partial charge in [-0.05, 0) is 41.3 Å². The predicted octanol–water partition coefficient (Wildman–Crippen LogP) is 5.08. The van der Waals surface area contributed by atoms with Gasteiger partial charge in [0.05, 0.1) is 11.8 Å². The van der Waals surface area contributed by atoms with Gasteiger partial charge >= 0.3 is 0 Å². The normalized spacial score (nSPS) is 15.8. The van der Waals surface area contributed by atoms with E-state index in [1.807, 2.05) is 41.8 Å². The molecule has 1 aliphatic heterocycles. The molecule has 4 rings (SSSR count). The SMILES string of the molecule is O=Cc1cccc(OCC(=O)N2N=C(c3cccc(Br)c3)CC2c2cccs2)c1. The minimum absolute atomic E-state index is 0.151. The maximum absolute atomic E-state index is 12.9. The Kier molecular flexibility index (Phi) is 5.87. The van der Waals surface area contributed by atoms with E-state index in [1.165, 1.54) is 5.01 Å². The Balaban J connectivity index is 1.55. The molecule has 0 N–H and O–H groups in total. The second-order valence-electron chi connectivity index (χ2n) is 6.51. The summed E-state index contributed by atoms with van der Waals surface area (Å²) in [5.74, 6) is 0.246. The van der Waals surface area contributed by atoms with Crippen LogP contribution in [0.2, 0.25) is 0 Å². The molecule has 3 aromatic rings. The molecule has 5 nitrogen and oxygen atoms in total. The monoisotopic (exact) mass is 468 g/mol. The van der Waals surface area contributed by atoms with Crippen LogP contribution in [0, 0.1) is 0 Å². The molecule has 0 radical (unpaired) electrons. The van der Waals surface area contributed by atoms with E-state index in [1.54, 1.807) is 35.6 Å². The fraction of sp³-hybridized carbons (Fsp3) is 0.136. The van der Waals surface area contributed by atoms with E-state index in [9.17, 15) is 9.59 Å². The number of aldehydes is 1. The van der Waals surface area contributed by atoms with E-state index in [4.69, 9.17) is 4.74 Å². The average Bonchev–Trinajstić information content (AvgIpc) is 3.42. The lowest BCUT2D eigenvalue weighted by molar-refractivity contribution is -0.135. The van der Waals surface area contributed by atoms with E-state index < -0.39 is 0 Å². The van der Waals surface area contributed by atoms with Crippen LogP contribution in [0.15, 0.2) is 75.6 Å². The van der Waals surface area contributed by atoms with Gasteiger partial charge in [0, 0.05) is 21.3 Å². The van der Waals surface area contributed by atoms with Crippen LogP contribution in [0.3, 0.4) is 0 Å². The molecule has 29 heavy (non-hydrogen) atoms. The standard InChI is InChI=1S/C22H17BrN2O3S/c23-17-6-2-5-16(11-17)19-12-20(21-8-3-9-29-21)25(24-19)22(27)14-28-18-7-1-4-15(10-18)13-26/h1-11,13,20H,12,14H2. The lowest BCUT2D eigenvalue weighted by Gasteiger charge is -2.20. The summed E-state index contributed by atoms with van der Waals surface area (Å²) in [6.45, 7) is -0.153. The van der Waals surface area contributed by atoms with Crippen LogP contribution >= 0.6 is 27.3 Å². The molecule has 0 spiro atoms. The molecule has 0 aliphatic carbocycles. The Morgan fingerprint density at radius 1 is 1.21 bits per heavy atom. The number of halogens is 1. The molecular weight excluding hydrogens is 452 g/mol. The summed E-state index contributed by atoms with van der Waals surface area (Å²) in [7, 11) is 0. The van der Waals surface area contributed by atoms with Crippen LogP contribution in [0.1, 0.15) is 33.3 Å². The summed E-state index contributed by atoms with van der Waals surface area (Å²) in [6, 6.07) is 18.5. The number of nitrogens with zero attached hydrogens (tertiary/aromatic N) is 2. The first kappa shape index (κ1) is 19.5. The summed E-state index contributed by atoms with van der Waals surface area (Å²) < 4.78 is 6.59. The number of ether oxygens (including phenoxy) is 1. The van der Waals surface area contributed by atoms with Gasteiger partial charge in [0.1, 0.15) is 12.0 Å². The summed E-state index contributed by atoms with van der Waals surface area (Å²) in [6.07, 6.45) is 1.39. The summed E-state index contributed by atoms with van der Waals surface area (Å²) in [5, 5.41) is 8.15. The van der Waals surface area contributed by atoms with Gasteiger partial charge < -0.3 is 4.74 Å². The first-order valence-corrected chi connectivity index (χ1v) is 10.7. The van der Waals surface area contributed by atoms with E-state index in [0.717, 1.165) is 26.9 Å². The Bertz CT molecular complexity index is 1070. The van der Waals surface area contributed by atoms with Gasteiger partial charge in [-0.2, -0.15) is 5.10 Å². The third-order valence-electron chi connectivity index (χ3n) is 4.55. The highest BCUT2D eigenvalue weighted by Gasteiger charge is 2.33. The van der Waals surface area contributed by atoms with E-state index >= 15 is 0 Å². The largest absolute Gasteiger partial charge is 0.484 e. The molecule has 1 aliphatic rings. The maximum atomic E-state index is 12.9. The van der Waals surface area contributed by atoms with Crippen molar-refractivity contribution in [1.82, 2.24) is 5.01 Å². The zero-order chi connectivity index (χ0) is 20.2. The van der Waals surface area contributed by atoms with Gasteiger partial charge in [0.15, 0.2) is 6.61 Å². The van der Waals surface area contributed by atoms with E-state index in [0.29, 0.717) is 17.7 Å². The highest BCUT2D eigenvalue weighted by atomic mass is 79.9. The van der Waals surface area contributed by atoms with Crippen LogP contribution in [0.4, 0.5) is 0 Å². The van der Waals surface area contributed by atoms with Gasteiger partial charge in [-0.3, -0.25) is 9.59 Å². The fourth-order valence-electron chi connectivity index (χ4n) is 3.17. The minimum atomic E-state index is -0.232. The van der Waals surface area contributed by atoms with Crippen molar-refractivity contribution < 1.29 is 14.3 Å². The number of amides is 1. The minimum Gasteiger partial charge on any atom is -0.484 e. The Morgan fingerprint density at radius 3 is 2.83 bits per heavy atom. The quantitative estimate of drug-likeness (QED) is 0.473. The molecule has 1 amide bonds. The zero-order valence-electron chi connectivity index (χ0n) is 15.3. The number of benzene rings is 2. The van der Waals surface area contributed by atoms with Crippen LogP contribution < -0.4 is 4.74 Å². The number of carbonyl (C=O) groups excluding carboxylic acids is 2.